The zero-order chi connectivity index (χ0) is 25.5. The van der Waals surface area contributed by atoms with Crippen LogP contribution in [0.2, 0.25) is 0 Å². The molecule has 1 saturated heterocycles. The number of carbonyl (C=O) groups excluding carboxylic acids is 1. The van der Waals surface area contributed by atoms with E-state index in [9.17, 15) is 13.2 Å². The van der Waals surface area contributed by atoms with Crippen LogP contribution in [-0.4, -0.2) is 42.4 Å². The van der Waals surface area contributed by atoms with Gasteiger partial charge >= 0.3 is 16.2 Å². The van der Waals surface area contributed by atoms with Crippen LogP contribution in [-0.2, 0) is 25.8 Å². The molecule has 0 atom stereocenters. The molecule has 1 aliphatic heterocycles. The van der Waals surface area contributed by atoms with Crippen molar-refractivity contribution in [2.24, 2.45) is 0 Å². The highest BCUT2D eigenvalue weighted by Crippen LogP contribution is 2.36. The molecule has 0 aliphatic carbocycles. The van der Waals surface area contributed by atoms with Crippen molar-refractivity contribution >= 4 is 16.2 Å². The summed E-state index contributed by atoms with van der Waals surface area (Å²) in [7, 11) is -3.85. The SMILES string of the molecule is CCOC(=O)c1cc(-c2cc(C(C)(C)C)cc(C(C)(C)C)c2)n(S(=O)(=O)N2CCCCC2)c1C. The molecule has 3 rings (SSSR count). The second-order valence-corrected chi connectivity index (χ2v) is 13.1. The molecule has 0 saturated carbocycles. The first kappa shape index (κ1) is 26.5. The summed E-state index contributed by atoms with van der Waals surface area (Å²) in [4.78, 5) is 12.8. The first-order chi connectivity index (χ1) is 15.7. The van der Waals surface area contributed by atoms with E-state index in [2.05, 4.69) is 59.7 Å². The smallest absolute Gasteiger partial charge is 0.340 e. The fourth-order valence-electron chi connectivity index (χ4n) is 4.36. The molecule has 0 unspecified atom stereocenters. The number of esters is 1. The molecule has 0 bridgehead atoms. The predicted octanol–water partition coefficient (Wildman–Crippen LogP) is 5.81. The lowest BCUT2D eigenvalue weighted by molar-refractivity contribution is 0.0525. The lowest BCUT2D eigenvalue weighted by atomic mass is 9.79. The van der Waals surface area contributed by atoms with Crippen molar-refractivity contribution in [3.8, 4) is 11.3 Å². The number of hydrogen-bond acceptors (Lipinski definition) is 4. The van der Waals surface area contributed by atoms with Crippen molar-refractivity contribution < 1.29 is 17.9 Å². The second-order valence-electron chi connectivity index (χ2n) is 11.3. The van der Waals surface area contributed by atoms with E-state index < -0.39 is 16.2 Å². The molecule has 1 fully saturated rings. The maximum absolute atomic E-state index is 13.9. The lowest BCUT2D eigenvalue weighted by Gasteiger charge is -2.29. The number of piperidine rings is 1. The molecule has 34 heavy (non-hydrogen) atoms. The van der Waals surface area contributed by atoms with Crippen LogP contribution in [0.1, 0.15) is 94.9 Å². The van der Waals surface area contributed by atoms with Gasteiger partial charge in [-0.1, -0.05) is 54.0 Å². The maximum atomic E-state index is 13.9. The highest BCUT2D eigenvalue weighted by molar-refractivity contribution is 7.87. The van der Waals surface area contributed by atoms with Gasteiger partial charge in [0.1, 0.15) is 0 Å². The summed E-state index contributed by atoms with van der Waals surface area (Å²) >= 11 is 0. The fraction of sp³-hybridized carbons (Fsp3) is 0.593. The van der Waals surface area contributed by atoms with E-state index in [1.165, 1.54) is 3.97 Å². The molecule has 1 aromatic heterocycles. The molecule has 0 radical (unpaired) electrons. The summed E-state index contributed by atoms with van der Waals surface area (Å²) in [5, 5.41) is 0. The number of benzene rings is 1. The molecule has 1 aromatic carbocycles. The first-order valence-corrected chi connectivity index (χ1v) is 13.6. The number of hydrogen-bond donors (Lipinski definition) is 0. The van der Waals surface area contributed by atoms with Gasteiger partial charge in [-0.25, -0.2) is 8.77 Å². The third-order valence-corrected chi connectivity index (χ3v) is 8.47. The maximum Gasteiger partial charge on any atom is 0.340 e. The minimum absolute atomic E-state index is 0.127. The summed E-state index contributed by atoms with van der Waals surface area (Å²) in [6.45, 7) is 17.5. The predicted molar refractivity (Wildman–Crippen MR) is 138 cm³/mol. The molecule has 6 nitrogen and oxygen atoms in total. The summed E-state index contributed by atoms with van der Waals surface area (Å²) in [5.74, 6) is -0.503. The van der Waals surface area contributed by atoms with Gasteiger partial charge in [0.15, 0.2) is 0 Å². The number of aromatic nitrogens is 1. The molecular formula is C27H40N2O4S. The van der Waals surface area contributed by atoms with Gasteiger partial charge in [-0.05, 0) is 72.4 Å². The first-order valence-electron chi connectivity index (χ1n) is 12.2. The van der Waals surface area contributed by atoms with E-state index in [4.69, 9.17) is 4.74 Å². The van der Waals surface area contributed by atoms with E-state index in [1.807, 2.05) is 0 Å². The van der Waals surface area contributed by atoms with Gasteiger partial charge in [0.2, 0.25) is 0 Å². The number of rotatable bonds is 5. The standard InChI is InChI=1S/C27H40N2O4S/c1-9-33-25(30)23-18-24(29(19(23)2)34(31,32)28-13-11-10-12-14-28)20-15-21(26(3,4)5)17-22(16-20)27(6,7)8/h15-18H,9-14H2,1-8H3. The van der Waals surface area contributed by atoms with Gasteiger partial charge in [0, 0.05) is 18.8 Å². The summed E-state index contributed by atoms with van der Waals surface area (Å²) in [6.07, 6.45) is 2.71. The minimum atomic E-state index is -3.85. The van der Waals surface area contributed by atoms with E-state index in [-0.39, 0.29) is 23.0 Å². The van der Waals surface area contributed by atoms with Crippen molar-refractivity contribution in [3.63, 3.8) is 0 Å². The quantitative estimate of drug-likeness (QED) is 0.498. The van der Waals surface area contributed by atoms with Crippen LogP contribution in [0.15, 0.2) is 24.3 Å². The molecule has 1 aliphatic rings. The van der Waals surface area contributed by atoms with Gasteiger partial charge < -0.3 is 4.74 Å². The Morgan fingerprint density at radius 2 is 1.44 bits per heavy atom. The Kier molecular flexibility index (Phi) is 7.40. The van der Waals surface area contributed by atoms with Crippen LogP contribution in [0.4, 0.5) is 0 Å². The fourth-order valence-corrected chi connectivity index (χ4v) is 6.16. The zero-order valence-electron chi connectivity index (χ0n) is 22.0. The van der Waals surface area contributed by atoms with Gasteiger partial charge in [0.05, 0.1) is 17.9 Å². The van der Waals surface area contributed by atoms with Crippen molar-refractivity contribution in [2.75, 3.05) is 19.7 Å². The van der Waals surface area contributed by atoms with Crippen molar-refractivity contribution in [2.45, 2.75) is 85.5 Å². The Balaban J connectivity index is 2.33. The van der Waals surface area contributed by atoms with E-state index in [0.29, 0.717) is 24.5 Å². The molecule has 0 spiro atoms. The Bertz CT molecular complexity index is 1130. The summed E-state index contributed by atoms with van der Waals surface area (Å²) < 4.78 is 36.0. The van der Waals surface area contributed by atoms with E-state index in [0.717, 1.165) is 36.0 Å². The number of nitrogens with zero attached hydrogens (tertiary/aromatic N) is 2. The molecule has 0 amide bonds. The van der Waals surface area contributed by atoms with Crippen LogP contribution in [0.5, 0.6) is 0 Å². The monoisotopic (exact) mass is 488 g/mol. The van der Waals surface area contributed by atoms with Crippen LogP contribution in [0, 0.1) is 6.92 Å². The normalized spacial score (nSPS) is 16.0. The van der Waals surface area contributed by atoms with E-state index >= 15 is 0 Å². The highest BCUT2D eigenvalue weighted by Gasteiger charge is 2.33. The lowest BCUT2D eigenvalue weighted by Crippen LogP contribution is -2.40. The number of carbonyl (C=O) groups is 1. The van der Waals surface area contributed by atoms with Crippen LogP contribution in [0.25, 0.3) is 11.3 Å². The molecular weight excluding hydrogens is 448 g/mol. The Labute approximate surface area is 205 Å². The molecule has 2 aromatic rings. The molecule has 7 heteroatoms. The molecule has 188 valence electrons. The van der Waals surface area contributed by atoms with Gasteiger partial charge in [-0.15, -0.1) is 0 Å². The second kappa shape index (κ2) is 9.50. The van der Waals surface area contributed by atoms with Crippen molar-refractivity contribution in [1.29, 1.82) is 0 Å². The van der Waals surface area contributed by atoms with Gasteiger partial charge in [-0.2, -0.15) is 12.7 Å². The largest absolute Gasteiger partial charge is 0.462 e. The molecule has 0 N–H and O–H groups in total. The zero-order valence-corrected chi connectivity index (χ0v) is 22.8. The Morgan fingerprint density at radius 3 is 1.91 bits per heavy atom. The highest BCUT2D eigenvalue weighted by atomic mass is 32.2. The minimum Gasteiger partial charge on any atom is -0.462 e. The number of ether oxygens (including phenoxy) is 1. The molecule has 2 heterocycles. The van der Waals surface area contributed by atoms with Crippen molar-refractivity contribution in [3.05, 3.63) is 46.6 Å². The van der Waals surface area contributed by atoms with Crippen LogP contribution >= 0.6 is 0 Å². The third kappa shape index (κ3) is 5.25. The Hall–Kier alpha value is -2.12. The summed E-state index contributed by atoms with van der Waals surface area (Å²) in [6, 6.07) is 8.00. The topological polar surface area (TPSA) is 68.6 Å². The van der Waals surface area contributed by atoms with Gasteiger partial charge in [0.25, 0.3) is 0 Å². The van der Waals surface area contributed by atoms with Gasteiger partial charge in [-0.3, -0.25) is 0 Å². The average molecular weight is 489 g/mol. The van der Waals surface area contributed by atoms with Crippen molar-refractivity contribution in [1.82, 2.24) is 8.28 Å². The van der Waals surface area contributed by atoms with E-state index in [1.54, 1.807) is 24.2 Å². The van der Waals surface area contributed by atoms with Crippen LogP contribution < -0.4 is 0 Å². The third-order valence-electron chi connectivity index (χ3n) is 6.52. The average Bonchev–Trinajstić information content (AvgIpc) is 3.11. The van der Waals surface area contributed by atoms with Crippen LogP contribution in [0.3, 0.4) is 0 Å². The Morgan fingerprint density at radius 1 is 0.912 bits per heavy atom. The summed E-state index contributed by atoms with van der Waals surface area (Å²) in [5.41, 5.74) is 3.95.